The maximum Gasteiger partial charge on any atom is 0.333 e. The van der Waals surface area contributed by atoms with Crippen LogP contribution in [-0.4, -0.2) is 75.5 Å². The van der Waals surface area contributed by atoms with Crippen LogP contribution in [0.2, 0.25) is 0 Å². The zero-order valence-electron chi connectivity index (χ0n) is 13.1. The van der Waals surface area contributed by atoms with Crippen molar-refractivity contribution >= 4 is 16.1 Å². The Morgan fingerprint density at radius 1 is 1.58 bits per heavy atom. The molecular formula is C12H19N3O8S. The number of methoxy groups -OCH3 is 1. The van der Waals surface area contributed by atoms with E-state index in [1.165, 1.54) is 6.08 Å². The monoisotopic (exact) mass is 365 g/mol. The first-order valence-electron chi connectivity index (χ1n) is 6.83. The van der Waals surface area contributed by atoms with Gasteiger partial charge in [-0.3, -0.25) is 4.18 Å². The first-order chi connectivity index (χ1) is 11.2. The molecule has 0 heterocycles. The van der Waals surface area contributed by atoms with Crippen LogP contribution in [0.5, 0.6) is 0 Å². The normalized spacial score (nSPS) is 25.3. The quantitative estimate of drug-likeness (QED) is 0.186. The summed E-state index contributed by atoms with van der Waals surface area (Å²) in [4.78, 5) is 14.4. The lowest BCUT2D eigenvalue weighted by molar-refractivity contribution is -0.137. The van der Waals surface area contributed by atoms with Gasteiger partial charge in [-0.05, 0) is 18.0 Å². The summed E-state index contributed by atoms with van der Waals surface area (Å²) in [6.45, 7) is -0.920. The SMILES string of the molecule is COC(=O)C1=C[C@@H](OCC(O)CO)[C@@H](OS(C)(=O)=O)[C@H](N=[N+]=[N-])C1. The van der Waals surface area contributed by atoms with E-state index in [0.717, 1.165) is 13.4 Å². The highest BCUT2D eigenvalue weighted by Gasteiger charge is 2.39. The predicted molar refractivity (Wildman–Crippen MR) is 80.2 cm³/mol. The van der Waals surface area contributed by atoms with E-state index >= 15 is 0 Å². The minimum absolute atomic E-state index is 0.0979. The molecule has 0 saturated heterocycles. The van der Waals surface area contributed by atoms with Gasteiger partial charge >= 0.3 is 5.97 Å². The molecule has 1 aliphatic carbocycles. The average molecular weight is 365 g/mol. The molecule has 0 saturated carbocycles. The number of aliphatic hydroxyl groups is 2. The number of azide groups is 1. The Bertz CT molecular complexity index is 628. The van der Waals surface area contributed by atoms with Crippen LogP contribution in [0.4, 0.5) is 0 Å². The van der Waals surface area contributed by atoms with Gasteiger partial charge in [-0.1, -0.05) is 5.11 Å². The first kappa shape index (κ1) is 20.4. The summed E-state index contributed by atoms with van der Waals surface area (Å²) in [7, 11) is -2.75. The fourth-order valence-corrected chi connectivity index (χ4v) is 2.76. The molecule has 1 rings (SSSR count). The van der Waals surface area contributed by atoms with Crippen molar-refractivity contribution in [3.05, 3.63) is 22.1 Å². The van der Waals surface area contributed by atoms with Crippen molar-refractivity contribution in [3.8, 4) is 0 Å². The second-order valence-electron chi connectivity index (χ2n) is 5.06. The fraction of sp³-hybridized carbons (Fsp3) is 0.750. The topological polar surface area (TPSA) is 168 Å². The molecule has 1 aliphatic rings. The summed E-state index contributed by atoms with van der Waals surface area (Å²) in [5.41, 5.74) is 8.78. The highest BCUT2D eigenvalue weighted by Crippen LogP contribution is 2.28. The van der Waals surface area contributed by atoms with E-state index in [1.807, 2.05) is 0 Å². The molecule has 4 atom stereocenters. The van der Waals surface area contributed by atoms with Gasteiger partial charge in [0.05, 0.1) is 32.6 Å². The molecule has 1 unspecified atom stereocenters. The van der Waals surface area contributed by atoms with Crippen LogP contribution >= 0.6 is 0 Å². The molecule has 12 heteroatoms. The van der Waals surface area contributed by atoms with Crippen molar-refractivity contribution < 1.29 is 37.1 Å². The van der Waals surface area contributed by atoms with Crippen molar-refractivity contribution in [2.75, 3.05) is 26.6 Å². The third kappa shape index (κ3) is 6.07. The molecule has 0 radical (unpaired) electrons. The number of nitrogens with zero attached hydrogens (tertiary/aromatic N) is 3. The lowest BCUT2D eigenvalue weighted by Gasteiger charge is -2.33. The zero-order valence-corrected chi connectivity index (χ0v) is 13.9. The van der Waals surface area contributed by atoms with Gasteiger partial charge in [0.15, 0.2) is 0 Å². The van der Waals surface area contributed by atoms with E-state index in [2.05, 4.69) is 14.8 Å². The summed E-state index contributed by atoms with van der Waals surface area (Å²) in [6, 6.07) is -1.04. The van der Waals surface area contributed by atoms with Crippen molar-refractivity contribution in [3.63, 3.8) is 0 Å². The van der Waals surface area contributed by atoms with Crippen LogP contribution in [0.3, 0.4) is 0 Å². The first-order valence-corrected chi connectivity index (χ1v) is 8.65. The molecule has 2 N–H and O–H groups in total. The number of aliphatic hydroxyl groups excluding tert-OH is 2. The number of hydrogen-bond donors (Lipinski definition) is 2. The van der Waals surface area contributed by atoms with Crippen molar-refractivity contribution in [2.45, 2.75) is 30.8 Å². The molecule has 0 fully saturated rings. The molecule has 0 aromatic rings. The minimum atomic E-state index is -3.92. The van der Waals surface area contributed by atoms with Gasteiger partial charge in [-0.15, -0.1) is 0 Å². The van der Waals surface area contributed by atoms with Gasteiger partial charge in [-0.25, -0.2) is 4.79 Å². The van der Waals surface area contributed by atoms with Gasteiger partial charge in [0.1, 0.15) is 18.3 Å². The van der Waals surface area contributed by atoms with Crippen LogP contribution in [0.15, 0.2) is 16.8 Å². The Balaban J connectivity index is 3.16. The van der Waals surface area contributed by atoms with E-state index in [1.54, 1.807) is 0 Å². The fourth-order valence-electron chi connectivity index (χ4n) is 2.12. The molecule has 0 spiro atoms. The Hall–Kier alpha value is -1.69. The highest BCUT2D eigenvalue weighted by molar-refractivity contribution is 7.86. The van der Waals surface area contributed by atoms with Crippen LogP contribution in [-0.2, 0) is 28.6 Å². The molecule has 24 heavy (non-hydrogen) atoms. The highest BCUT2D eigenvalue weighted by atomic mass is 32.2. The maximum atomic E-state index is 11.7. The maximum absolute atomic E-state index is 11.7. The number of hydrogen-bond acceptors (Lipinski definition) is 9. The molecule has 136 valence electrons. The van der Waals surface area contributed by atoms with Gasteiger partial charge in [-0.2, -0.15) is 8.42 Å². The third-order valence-corrected chi connectivity index (χ3v) is 3.69. The Morgan fingerprint density at radius 3 is 2.75 bits per heavy atom. The molecule has 0 amide bonds. The van der Waals surface area contributed by atoms with Crippen LogP contribution in [0.1, 0.15) is 6.42 Å². The van der Waals surface area contributed by atoms with E-state index in [0.29, 0.717) is 0 Å². The average Bonchev–Trinajstić information content (AvgIpc) is 2.52. The number of carbonyl (C=O) groups is 1. The zero-order chi connectivity index (χ0) is 18.3. The van der Waals surface area contributed by atoms with Crippen molar-refractivity contribution in [2.24, 2.45) is 5.11 Å². The van der Waals surface area contributed by atoms with Gasteiger partial charge < -0.3 is 19.7 Å². The molecule has 0 bridgehead atoms. The van der Waals surface area contributed by atoms with Crippen LogP contribution < -0.4 is 0 Å². The summed E-state index contributed by atoms with van der Waals surface area (Å²) in [5.74, 6) is -0.692. The molecule has 0 aromatic heterocycles. The minimum Gasteiger partial charge on any atom is -0.466 e. The summed E-state index contributed by atoms with van der Waals surface area (Å²) >= 11 is 0. The lowest BCUT2D eigenvalue weighted by Crippen LogP contribution is -2.45. The van der Waals surface area contributed by atoms with Gasteiger partial charge in [0, 0.05) is 10.5 Å². The molecular weight excluding hydrogens is 346 g/mol. The molecule has 0 aromatic carbocycles. The van der Waals surface area contributed by atoms with Crippen LogP contribution in [0.25, 0.3) is 10.4 Å². The number of rotatable bonds is 8. The van der Waals surface area contributed by atoms with E-state index in [4.69, 9.17) is 19.6 Å². The van der Waals surface area contributed by atoms with E-state index in [-0.39, 0.29) is 18.6 Å². The smallest absolute Gasteiger partial charge is 0.333 e. The number of carbonyl (C=O) groups excluding carboxylic acids is 1. The predicted octanol–water partition coefficient (Wildman–Crippen LogP) is -0.748. The molecule has 11 nitrogen and oxygen atoms in total. The summed E-state index contributed by atoms with van der Waals surface area (Å²) in [5, 5.41) is 21.7. The standard InChI is InChI=1S/C12H19N3O8S/c1-21-12(18)7-3-9(14-15-13)11(23-24(2,19)20)10(4-7)22-6-8(17)5-16/h4,8-11,16-17H,3,5-6H2,1-2H3/t8?,9-,10-,11+/m1/s1. The van der Waals surface area contributed by atoms with Crippen LogP contribution in [0, 0.1) is 0 Å². The summed E-state index contributed by atoms with van der Waals surface area (Å²) in [6.07, 6.45) is -1.54. The van der Waals surface area contributed by atoms with Gasteiger partial charge in [0.2, 0.25) is 0 Å². The second kappa shape index (κ2) is 8.97. The second-order valence-corrected chi connectivity index (χ2v) is 6.66. The summed E-state index contributed by atoms with van der Waals surface area (Å²) < 4.78 is 37.7. The third-order valence-electron chi connectivity index (χ3n) is 3.12. The number of ether oxygens (including phenoxy) is 2. The van der Waals surface area contributed by atoms with Gasteiger partial charge in [0.25, 0.3) is 10.1 Å². The Kier molecular flexibility index (Phi) is 7.60. The van der Waals surface area contributed by atoms with Crippen molar-refractivity contribution in [1.29, 1.82) is 0 Å². The largest absolute Gasteiger partial charge is 0.466 e. The van der Waals surface area contributed by atoms with E-state index in [9.17, 15) is 18.3 Å². The Labute approximate surface area is 138 Å². The van der Waals surface area contributed by atoms with Crippen molar-refractivity contribution in [1.82, 2.24) is 0 Å². The molecule has 0 aliphatic heterocycles. The van der Waals surface area contributed by atoms with E-state index < -0.39 is 47.0 Å². The Morgan fingerprint density at radius 2 is 2.25 bits per heavy atom. The lowest BCUT2D eigenvalue weighted by atomic mass is 9.90. The number of esters is 1.